The van der Waals surface area contributed by atoms with E-state index in [1.54, 1.807) is 24.3 Å². The van der Waals surface area contributed by atoms with Gasteiger partial charge < -0.3 is 4.98 Å². The zero-order chi connectivity index (χ0) is 17.3. The molecule has 0 fully saturated rings. The third-order valence-corrected chi connectivity index (χ3v) is 4.12. The molecule has 122 valence electrons. The van der Waals surface area contributed by atoms with Crippen molar-refractivity contribution in [1.82, 2.24) is 10.4 Å². The highest BCUT2D eigenvalue weighted by atomic mass is 35.5. The van der Waals surface area contributed by atoms with E-state index < -0.39 is 5.91 Å². The Kier molecular flexibility index (Phi) is 4.66. The number of pyridine rings is 1. The zero-order valence-corrected chi connectivity index (χ0v) is 14.3. The fourth-order valence-corrected chi connectivity index (χ4v) is 3.15. The van der Waals surface area contributed by atoms with E-state index in [2.05, 4.69) is 15.8 Å². The lowest BCUT2D eigenvalue weighted by molar-refractivity contribution is 0.0964. The van der Waals surface area contributed by atoms with Crippen LogP contribution in [-0.4, -0.2) is 10.9 Å². The van der Waals surface area contributed by atoms with Crippen molar-refractivity contribution in [2.75, 3.05) is 5.43 Å². The molecule has 0 aliphatic rings. The van der Waals surface area contributed by atoms with Gasteiger partial charge in [0.05, 0.1) is 21.3 Å². The Morgan fingerprint density at radius 1 is 1.00 bits per heavy atom. The smallest absolute Gasteiger partial charge is 0.270 e. The maximum Gasteiger partial charge on any atom is 0.270 e. The van der Waals surface area contributed by atoms with Crippen LogP contribution in [0.5, 0.6) is 0 Å². The van der Waals surface area contributed by atoms with Crippen LogP contribution in [0.15, 0.2) is 47.3 Å². The summed E-state index contributed by atoms with van der Waals surface area (Å²) in [6, 6.07) is 11.2. The molecule has 0 bridgehead atoms. The van der Waals surface area contributed by atoms with Gasteiger partial charge >= 0.3 is 0 Å². The summed E-state index contributed by atoms with van der Waals surface area (Å²) in [5.74, 6) is -0.501. The number of hydrazine groups is 1. The number of aromatic amines is 1. The Bertz CT molecular complexity index is 978. The van der Waals surface area contributed by atoms with Crippen molar-refractivity contribution in [3.05, 3.63) is 73.4 Å². The second-order valence-electron chi connectivity index (χ2n) is 4.92. The molecule has 0 atom stereocenters. The first-order valence-electron chi connectivity index (χ1n) is 6.78. The van der Waals surface area contributed by atoms with E-state index in [-0.39, 0.29) is 21.2 Å². The van der Waals surface area contributed by atoms with Crippen molar-refractivity contribution in [2.45, 2.75) is 0 Å². The van der Waals surface area contributed by atoms with Gasteiger partial charge in [-0.15, -0.1) is 0 Å². The van der Waals surface area contributed by atoms with Gasteiger partial charge in [0, 0.05) is 22.0 Å². The predicted octanol–water partition coefficient (Wildman–Crippen LogP) is 4.25. The van der Waals surface area contributed by atoms with Crippen molar-refractivity contribution in [3.63, 3.8) is 0 Å². The molecule has 0 saturated heterocycles. The highest BCUT2D eigenvalue weighted by molar-refractivity contribution is 6.41. The highest BCUT2D eigenvalue weighted by Crippen LogP contribution is 2.33. The first-order valence-corrected chi connectivity index (χ1v) is 7.92. The summed E-state index contributed by atoms with van der Waals surface area (Å²) in [4.78, 5) is 26.8. The van der Waals surface area contributed by atoms with Gasteiger partial charge in [-0.25, -0.2) is 0 Å². The Labute approximate surface area is 151 Å². The van der Waals surface area contributed by atoms with E-state index in [9.17, 15) is 9.59 Å². The summed E-state index contributed by atoms with van der Waals surface area (Å²) >= 11 is 17.9. The van der Waals surface area contributed by atoms with E-state index in [0.29, 0.717) is 21.6 Å². The van der Waals surface area contributed by atoms with Gasteiger partial charge in [0.25, 0.3) is 5.91 Å². The summed E-state index contributed by atoms with van der Waals surface area (Å²) in [5, 5.41) is 1.50. The third-order valence-electron chi connectivity index (χ3n) is 3.30. The van der Waals surface area contributed by atoms with Gasteiger partial charge in [-0.05, 0) is 18.2 Å². The standard InChI is InChI=1S/C16H10Cl3N3O2/c17-8-5-11(18)15(12(19)6-8)21-22-16(24)10-7-14(23)20-13-4-2-1-3-9(10)13/h1-7,21H,(H,20,23)(H,22,24). The van der Waals surface area contributed by atoms with Crippen LogP contribution in [0.25, 0.3) is 10.9 Å². The molecule has 0 unspecified atom stereocenters. The molecule has 8 heteroatoms. The van der Waals surface area contributed by atoms with E-state index in [0.717, 1.165) is 0 Å². The average molecular weight is 383 g/mol. The number of H-pyrrole nitrogens is 1. The SMILES string of the molecule is O=C(NNc1c(Cl)cc(Cl)cc1Cl)c1cc(=O)[nH]c2ccccc12. The number of nitrogens with one attached hydrogen (secondary N) is 3. The maximum atomic E-state index is 12.4. The molecule has 0 aliphatic heterocycles. The minimum atomic E-state index is -0.501. The van der Waals surface area contributed by atoms with Crippen LogP contribution in [0.4, 0.5) is 5.69 Å². The number of para-hydroxylation sites is 1. The molecule has 1 amide bonds. The highest BCUT2D eigenvalue weighted by Gasteiger charge is 2.13. The van der Waals surface area contributed by atoms with Crippen molar-refractivity contribution < 1.29 is 4.79 Å². The van der Waals surface area contributed by atoms with Gasteiger partial charge in [0.1, 0.15) is 0 Å². The Balaban J connectivity index is 1.90. The predicted molar refractivity (Wildman–Crippen MR) is 97.1 cm³/mol. The summed E-state index contributed by atoms with van der Waals surface area (Å²) < 4.78 is 0. The number of carbonyl (C=O) groups is 1. The van der Waals surface area contributed by atoms with Gasteiger partial charge in [-0.1, -0.05) is 53.0 Å². The van der Waals surface area contributed by atoms with Gasteiger partial charge in [0.2, 0.25) is 5.56 Å². The number of amides is 1. The Morgan fingerprint density at radius 2 is 1.67 bits per heavy atom. The molecule has 0 saturated carbocycles. The van der Waals surface area contributed by atoms with Crippen molar-refractivity contribution in [2.24, 2.45) is 0 Å². The van der Waals surface area contributed by atoms with Crippen molar-refractivity contribution in [3.8, 4) is 0 Å². The number of hydrogen-bond acceptors (Lipinski definition) is 3. The van der Waals surface area contributed by atoms with Crippen LogP contribution in [0.3, 0.4) is 0 Å². The number of halogens is 3. The number of fused-ring (bicyclic) bond motifs is 1. The average Bonchev–Trinajstić information content (AvgIpc) is 2.52. The molecule has 5 nitrogen and oxygen atoms in total. The molecule has 0 radical (unpaired) electrons. The molecule has 1 aromatic heterocycles. The Hall–Kier alpha value is -2.21. The summed E-state index contributed by atoms with van der Waals surface area (Å²) in [7, 11) is 0. The van der Waals surface area contributed by atoms with Crippen molar-refractivity contribution in [1.29, 1.82) is 0 Å². The number of anilines is 1. The molecule has 3 rings (SSSR count). The topological polar surface area (TPSA) is 74.0 Å². The number of rotatable bonds is 3. The first-order chi connectivity index (χ1) is 11.5. The molecule has 1 heterocycles. The summed E-state index contributed by atoms with van der Waals surface area (Å²) in [6.07, 6.45) is 0. The van der Waals surface area contributed by atoms with Crippen LogP contribution in [0.2, 0.25) is 15.1 Å². The lowest BCUT2D eigenvalue weighted by Crippen LogP contribution is -2.30. The minimum absolute atomic E-state index is 0.225. The molecule has 24 heavy (non-hydrogen) atoms. The monoisotopic (exact) mass is 381 g/mol. The number of aromatic nitrogens is 1. The van der Waals surface area contributed by atoms with Crippen LogP contribution in [0.1, 0.15) is 10.4 Å². The number of benzene rings is 2. The van der Waals surface area contributed by atoms with E-state index in [4.69, 9.17) is 34.8 Å². The lowest BCUT2D eigenvalue weighted by atomic mass is 10.1. The van der Waals surface area contributed by atoms with Crippen molar-refractivity contribution >= 4 is 57.3 Å². The van der Waals surface area contributed by atoms with E-state index in [1.807, 2.05) is 0 Å². The fourth-order valence-electron chi connectivity index (χ4n) is 2.24. The quantitative estimate of drug-likeness (QED) is 0.593. The minimum Gasteiger partial charge on any atom is -0.322 e. The maximum absolute atomic E-state index is 12.4. The Morgan fingerprint density at radius 3 is 2.38 bits per heavy atom. The van der Waals surface area contributed by atoms with E-state index >= 15 is 0 Å². The van der Waals surface area contributed by atoms with Crippen LogP contribution in [0, 0.1) is 0 Å². The molecule has 0 spiro atoms. The third kappa shape index (κ3) is 3.33. The normalized spacial score (nSPS) is 10.6. The molecule has 3 N–H and O–H groups in total. The molecule has 3 aromatic rings. The second-order valence-corrected chi connectivity index (χ2v) is 6.17. The fraction of sp³-hybridized carbons (Fsp3) is 0. The van der Waals surface area contributed by atoms with E-state index in [1.165, 1.54) is 18.2 Å². The second kappa shape index (κ2) is 6.73. The molecule has 0 aliphatic carbocycles. The summed E-state index contributed by atoms with van der Waals surface area (Å²) in [6.45, 7) is 0. The number of carbonyl (C=O) groups excluding carboxylic acids is 1. The van der Waals surface area contributed by atoms with Crippen LogP contribution >= 0.6 is 34.8 Å². The largest absolute Gasteiger partial charge is 0.322 e. The molecular formula is C16H10Cl3N3O2. The molecular weight excluding hydrogens is 373 g/mol. The first kappa shape index (κ1) is 16.6. The van der Waals surface area contributed by atoms with Gasteiger partial charge in [0.15, 0.2) is 0 Å². The molecule has 2 aromatic carbocycles. The van der Waals surface area contributed by atoms with Gasteiger partial charge in [-0.2, -0.15) is 0 Å². The van der Waals surface area contributed by atoms with Gasteiger partial charge in [-0.3, -0.25) is 20.4 Å². The van der Waals surface area contributed by atoms with Crippen LogP contribution in [-0.2, 0) is 0 Å². The summed E-state index contributed by atoms with van der Waals surface area (Å²) in [5.41, 5.74) is 5.87. The lowest BCUT2D eigenvalue weighted by Gasteiger charge is -2.13. The van der Waals surface area contributed by atoms with Crippen LogP contribution < -0.4 is 16.4 Å². The zero-order valence-electron chi connectivity index (χ0n) is 12.0. The number of hydrogen-bond donors (Lipinski definition) is 3.